The molecule has 0 aliphatic carbocycles. The first-order valence-electron chi connectivity index (χ1n) is 6.72. The lowest BCUT2D eigenvalue weighted by atomic mass is 10.1. The van der Waals surface area contributed by atoms with Crippen LogP contribution in [-0.2, 0) is 18.2 Å². The molecule has 0 spiro atoms. The maximum absolute atomic E-state index is 12.0. The molecule has 4 nitrogen and oxygen atoms in total. The van der Waals surface area contributed by atoms with Crippen LogP contribution in [0, 0.1) is 6.92 Å². The molecular weight excluding hydrogens is 332 g/mol. The molecule has 0 aliphatic heterocycles. The largest absolute Gasteiger partial charge is 0.375 e. The number of likely N-dealkylation sites (N-methyl/N-ethyl adjacent to an activating group) is 1. The second-order valence-electron chi connectivity index (χ2n) is 4.68. The van der Waals surface area contributed by atoms with Gasteiger partial charge in [-0.25, -0.2) is 8.78 Å². The molecule has 1 heterocycles. The van der Waals surface area contributed by atoms with E-state index >= 15 is 0 Å². The number of aryl methyl sites for hydroxylation is 2. The van der Waals surface area contributed by atoms with Crippen LogP contribution >= 0.6 is 15.9 Å². The Morgan fingerprint density at radius 3 is 2.65 bits per heavy atom. The number of nitrogens with one attached hydrogen (secondary N) is 1. The maximum atomic E-state index is 12.0. The van der Waals surface area contributed by atoms with Crippen molar-refractivity contribution in [3.63, 3.8) is 0 Å². The van der Waals surface area contributed by atoms with E-state index in [0.717, 1.165) is 28.8 Å². The van der Waals surface area contributed by atoms with Gasteiger partial charge in [-0.05, 0) is 35.8 Å². The van der Waals surface area contributed by atoms with Crippen LogP contribution in [0.25, 0.3) is 0 Å². The number of hydrogen-bond acceptors (Lipinski definition) is 3. The van der Waals surface area contributed by atoms with Gasteiger partial charge in [0.05, 0.1) is 15.9 Å². The van der Waals surface area contributed by atoms with Crippen molar-refractivity contribution in [3.8, 4) is 0 Å². The number of alkyl halides is 2. The van der Waals surface area contributed by atoms with Crippen molar-refractivity contribution in [3.05, 3.63) is 15.9 Å². The first-order chi connectivity index (χ1) is 9.45. The minimum Gasteiger partial charge on any atom is -0.375 e. The molecule has 116 valence electrons. The summed E-state index contributed by atoms with van der Waals surface area (Å²) in [5, 5.41) is 7.71. The predicted molar refractivity (Wildman–Crippen MR) is 78.3 cm³/mol. The highest BCUT2D eigenvalue weighted by Crippen LogP contribution is 2.22. The summed E-state index contributed by atoms with van der Waals surface area (Å²) in [5.74, 6) is 0. The van der Waals surface area contributed by atoms with Gasteiger partial charge in [0.2, 0.25) is 0 Å². The van der Waals surface area contributed by atoms with Crippen molar-refractivity contribution >= 4 is 15.9 Å². The average molecular weight is 354 g/mol. The van der Waals surface area contributed by atoms with Crippen LogP contribution in [0.5, 0.6) is 0 Å². The SMILES string of the molecule is CCNC(CCOCC(F)F)Cc1c(Br)c(C)nn1C. The molecular formula is C13H22BrF2N3O. The summed E-state index contributed by atoms with van der Waals surface area (Å²) >= 11 is 3.54. The zero-order chi connectivity index (χ0) is 15.1. The van der Waals surface area contributed by atoms with E-state index in [1.54, 1.807) is 0 Å². The molecule has 1 N–H and O–H groups in total. The van der Waals surface area contributed by atoms with E-state index in [1.165, 1.54) is 0 Å². The van der Waals surface area contributed by atoms with Crippen LogP contribution in [0.15, 0.2) is 4.47 Å². The summed E-state index contributed by atoms with van der Waals surface area (Å²) in [7, 11) is 1.91. The van der Waals surface area contributed by atoms with Crippen molar-refractivity contribution in [2.45, 2.75) is 39.2 Å². The lowest BCUT2D eigenvalue weighted by molar-refractivity contribution is 0.0144. The number of rotatable bonds is 9. The minimum atomic E-state index is -2.40. The summed E-state index contributed by atoms with van der Waals surface area (Å²) in [6.07, 6.45) is -0.928. The standard InChI is InChI=1S/C13H22BrF2N3O/c1-4-17-10(5-6-20-8-12(15)16)7-11-13(14)9(2)18-19(11)3/h10,12,17H,4-8H2,1-3H3. The van der Waals surface area contributed by atoms with Gasteiger partial charge in [0.1, 0.15) is 6.61 Å². The first-order valence-corrected chi connectivity index (χ1v) is 7.52. The predicted octanol–water partition coefficient (Wildman–Crippen LogP) is 2.68. The summed E-state index contributed by atoms with van der Waals surface area (Å²) < 4.78 is 31.8. The molecule has 7 heteroatoms. The Labute approximate surface area is 127 Å². The number of aromatic nitrogens is 2. The van der Waals surface area contributed by atoms with Crippen LogP contribution in [0.1, 0.15) is 24.7 Å². The van der Waals surface area contributed by atoms with Crippen molar-refractivity contribution in [1.29, 1.82) is 0 Å². The third-order valence-electron chi connectivity index (χ3n) is 3.05. The molecule has 0 bridgehead atoms. The molecule has 0 aliphatic rings. The highest BCUT2D eigenvalue weighted by atomic mass is 79.9. The van der Waals surface area contributed by atoms with Gasteiger partial charge >= 0.3 is 0 Å². The lowest BCUT2D eigenvalue weighted by Crippen LogP contribution is -2.33. The normalized spacial score (nSPS) is 13.2. The monoisotopic (exact) mass is 353 g/mol. The Bertz CT molecular complexity index is 413. The fraction of sp³-hybridized carbons (Fsp3) is 0.769. The van der Waals surface area contributed by atoms with Gasteiger partial charge in [0.25, 0.3) is 6.43 Å². The second-order valence-corrected chi connectivity index (χ2v) is 5.48. The number of ether oxygens (including phenoxy) is 1. The van der Waals surface area contributed by atoms with E-state index in [0.29, 0.717) is 13.0 Å². The highest BCUT2D eigenvalue weighted by molar-refractivity contribution is 9.10. The van der Waals surface area contributed by atoms with E-state index in [9.17, 15) is 8.78 Å². The topological polar surface area (TPSA) is 39.1 Å². The van der Waals surface area contributed by atoms with Crippen LogP contribution in [0.3, 0.4) is 0 Å². The van der Waals surface area contributed by atoms with Gasteiger partial charge in [-0.15, -0.1) is 0 Å². The molecule has 0 fully saturated rings. The Morgan fingerprint density at radius 2 is 2.15 bits per heavy atom. The van der Waals surface area contributed by atoms with E-state index in [4.69, 9.17) is 4.74 Å². The summed E-state index contributed by atoms with van der Waals surface area (Å²) in [5.41, 5.74) is 2.05. The second kappa shape index (κ2) is 8.69. The zero-order valence-electron chi connectivity index (χ0n) is 12.1. The smallest absolute Gasteiger partial charge is 0.261 e. The van der Waals surface area contributed by atoms with Gasteiger partial charge in [-0.3, -0.25) is 4.68 Å². The average Bonchev–Trinajstić information content (AvgIpc) is 2.61. The molecule has 0 aromatic carbocycles. The molecule has 1 atom stereocenters. The van der Waals surface area contributed by atoms with Crippen molar-refractivity contribution in [1.82, 2.24) is 15.1 Å². The van der Waals surface area contributed by atoms with Crippen molar-refractivity contribution < 1.29 is 13.5 Å². The lowest BCUT2D eigenvalue weighted by Gasteiger charge is -2.18. The van der Waals surface area contributed by atoms with Crippen LogP contribution in [0.2, 0.25) is 0 Å². The molecule has 0 radical (unpaired) electrons. The summed E-state index contributed by atoms with van der Waals surface area (Å²) in [6.45, 7) is 4.63. The van der Waals surface area contributed by atoms with Crippen LogP contribution in [0.4, 0.5) is 8.78 Å². The van der Waals surface area contributed by atoms with E-state index in [-0.39, 0.29) is 6.04 Å². The van der Waals surface area contributed by atoms with Crippen LogP contribution < -0.4 is 5.32 Å². The quantitative estimate of drug-likeness (QED) is 0.693. The molecule has 0 saturated carbocycles. The molecule has 1 rings (SSSR count). The number of halogens is 3. The van der Waals surface area contributed by atoms with Crippen molar-refractivity contribution in [2.24, 2.45) is 7.05 Å². The summed E-state index contributed by atoms with van der Waals surface area (Å²) in [4.78, 5) is 0. The van der Waals surface area contributed by atoms with E-state index in [1.807, 2.05) is 25.6 Å². The van der Waals surface area contributed by atoms with E-state index < -0.39 is 13.0 Å². The Balaban J connectivity index is 2.53. The first kappa shape index (κ1) is 17.5. The third-order valence-corrected chi connectivity index (χ3v) is 4.08. The van der Waals surface area contributed by atoms with Gasteiger partial charge in [0.15, 0.2) is 0 Å². The van der Waals surface area contributed by atoms with Gasteiger partial charge < -0.3 is 10.1 Å². The van der Waals surface area contributed by atoms with Crippen molar-refractivity contribution in [2.75, 3.05) is 19.8 Å². The Kier molecular flexibility index (Phi) is 7.61. The van der Waals surface area contributed by atoms with Gasteiger partial charge in [-0.2, -0.15) is 5.10 Å². The Hall–Kier alpha value is -0.530. The third kappa shape index (κ3) is 5.46. The van der Waals surface area contributed by atoms with E-state index in [2.05, 4.69) is 26.3 Å². The fourth-order valence-electron chi connectivity index (χ4n) is 2.10. The van der Waals surface area contributed by atoms with Gasteiger partial charge in [0, 0.05) is 26.1 Å². The molecule has 0 amide bonds. The summed E-state index contributed by atoms with van der Waals surface area (Å²) in [6, 6.07) is 0.184. The number of hydrogen-bond donors (Lipinski definition) is 1. The highest BCUT2D eigenvalue weighted by Gasteiger charge is 2.16. The molecule has 0 saturated heterocycles. The molecule has 1 unspecified atom stereocenters. The zero-order valence-corrected chi connectivity index (χ0v) is 13.7. The Morgan fingerprint density at radius 1 is 1.45 bits per heavy atom. The fourth-order valence-corrected chi connectivity index (χ4v) is 2.60. The maximum Gasteiger partial charge on any atom is 0.261 e. The van der Waals surface area contributed by atoms with Gasteiger partial charge in [-0.1, -0.05) is 6.92 Å². The molecule has 1 aromatic rings. The number of nitrogens with zero attached hydrogens (tertiary/aromatic N) is 2. The molecule has 1 aromatic heterocycles. The molecule has 20 heavy (non-hydrogen) atoms. The van der Waals surface area contributed by atoms with Crippen LogP contribution in [-0.4, -0.2) is 42.0 Å². The minimum absolute atomic E-state index is 0.184.